The maximum atomic E-state index is 12.1. The minimum absolute atomic E-state index is 0.0836. The number of hydrogen-bond donors (Lipinski definition) is 2. The lowest BCUT2D eigenvalue weighted by atomic mass is 9.95. The van der Waals surface area contributed by atoms with Gasteiger partial charge in [0.25, 0.3) is 0 Å². The molecule has 0 radical (unpaired) electrons. The Bertz CT molecular complexity index is 470. The molecule has 1 aliphatic heterocycles. The smallest absolute Gasteiger partial charge is 0.244 e. The molecule has 0 bridgehead atoms. The van der Waals surface area contributed by atoms with Crippen molar-refractivity contribution in [2.24, 2.45) is 5.73 Å². The number of hydrazine groups is 1. The number of benzene rings is 1. The summed E-state index contributed by atoms with van der Waals surface area (Å²) in [5, 5.41) is 2.41. The Kier molecular flexibility index (Phi) is 3.36. The topological polar surface area (TPSA) is 58.4 Å². The van der Waals surface area contributed by atoms with E-state index in [0.717, 1.165) is 5.56 Å². The highest BCUT2D eigenvalue weighted by atomic mass is 35.5. The van der Waals surface area contributed by atoms with E-state index in [1.165, 1.54) is 0 Å². The average Bonchev–Trinajstić information content (AvgIpc) is 2.54. The van der Waals surface area contributed by atoms with Gasteiger partial charge in [-0.1, -0.05) is 23.7 Å². The molecule has 5 heteroatoms. The molecule has 2 atom stereocenters. The molecule has 0 saturated carbocycles. The average molecular weight is 268 g/mol. The summed E-state index contributed by atoms with van der Waals surface area (Å²) in [5.41, 5.74) is 9.65. The van der Waals surface area contributed by atoms with Crippen LogP contribution >= 0.6 is 11.6 Å². The van der Waals surface area contributed by atoms with Crippen LogP contribution in [-0.2, 0) is 4.79 Å². The Morgan fingerprint density at radius 3 is 2.56 bits per heavy atom. The van der Waals surface area contributed by atoms with E-state index in [1.54, 1.807) is 17.1 Å². The molecule has 98 valence electrons. The van der Waals surface area contributed by atoms with E-state index in [-0.39, 0.29) is 17.4 Å². The maximum absolute atomic E-state index is 12.1. The number of amides is 1. The summed E-state index contributed by atoms with van der Waals surface area (Å²) < 4.78 is 0. The summed E-state index contributed by atoms with van der Waals surface area (Å²) in [4.78, 5) is 12.1. The molecule has 1 fully saturated rings. The molecule has 2 rings (SSSR count). The van der Waals surface area contributed by atoms with Crippen molar-refractivity contribution in [1.82, 2.24) is 10.4 Å². The standard InChI is InChI=1S/C13H18ClN3O/c1-13(2,3)17-11(15)10(12(18)16-17)8-5-4-6-9(14)7-8/h4-7,10-11H,15H2,1-3H3,(H,16,18). The van der Waals surface area contributed by atoms with Crippen molar-refractivity contribution in [3.63, 3.8) is 0 Å². The van der Waals surface area contributed by atoms with Gasteiger partial charge < -0.3 is 5.73 Å². The van der Waals surface area contributed by atoms with E-state index in [9.17, 15) is 4.79 Å². The zero-order valence-electron chi connectivity index (χ0n) is 10.8. The van der Waals surface area contributed by atoms with Crippen LogP contribution in [0.1, 0.15) is 32.3 Å². The molecule has 0 aromatic heterocycles. The fourth-order valence-electron chi connectivity index (χ4n) is 2.23. The molecule has 1 aromatic carbocycles. The third-order valence-electron chi connectivity index (χ3n) is 3.08. The minimum atomic E-state index is -0.393. The van der Waals surface area contributed by atoms with Crippen LogP contribution in [0.4, 0.5) is 0 Å². The van der Waals surface area contributed by atoms with Gasteiger partial charge >= 0.3 is 0 Å². The second kappa shape index (κ2) is 4.53. The Morgan fingerprint density at radius 2 is 2.06 bits per heavy atom. The fourth-order valence-corrected chi connectivity index (χ4v) is 2.43. The van der Waals surface area contributed by atoms with Crippen LogP contribution in [0, 0.1) is 0 Å². The molecule has 4 nitrogen and oxygen atoms in total. The Labute approximate surface area is 112 Å². The predicted octanol–water partition coefficient (Wildman–Crippen LogP) is 1.85. The van der Waals surface area contributed by atoms with Gasteiger partial charge in [-0.25, -0.2) is 0 Å². The third-order valence-corrected chi connectivity index (χ3v) is 3.32. The number of nitrogens with one attached hydrogen (secondary N) is 1. The van der Waals surface area contributed by atoms with Crippen LogP contribution in [0.15, 0.2) is 24.3 Å². The largest absolute Gasteiger partial charge is 0.313 e. The predicted molar refractivity (Wildman–Crippen MR) is 71.9 cm³/mol. The van der Waals surface area contributed by atoms with E-state index in [0.29, 0.717) is 5.02 Å². The van der Waals surface area contributed by atoms with Gasteiger partial charge in [0.1, 0.15) is 0 Å². The highest BCUT2D eigenvalue weighted by Crippen LogP contribution is 2.30. The molecular weight excluding hydrogens is 250 g/mol. The zero-order chi connectivity index (χ0) is 13.5. The first-order valence-electron chi connectivity index (χ1n) is 5.91. The first-order valence-corrected chi connectivity index (χ1v) is 6.29. The number of halogens is 1. The van der Waals surface area contributed by atoms with E-state index >= 15 is 0 Å². The van der Waals surface area contributed by atoms with Crippen molar-refractivity contribution in [3.05, 3.63) is 34.9 Å². The van der Waals surface area contributed by atoms with Gasteiger partial charge in [0, 0.05) is 10.6 Å². The molecule has 1 aliphatic rings. The summed E-state index contributed by atoms with van der Waals surface area (Å²) >= 11 is 5.96. The lowest BCUT2D eigenvalue weighted by Gasteiger charge is -2.34. The van der Waals surface area contributed by atoms with Gasteiger partial charge in [-0.15, -0.1) is 0 Å². The van der Waals surface area contributed by atoms with Crippen molar-refractivity contribution >= 4 is 17.5 Å². The van der Waals surface area contributed by atoms with Crippen LogP contribution in [0.5, 0.6) is 0 Å². The summed E-state index contributed by atoms with van der Waals surface area (Å²) in [6.45, 7) is 6.02. The zero-order valence-corrected chi connectivity index (χ0v) is 11.5. The normalized spacial score (nSPS) is 25.3. The summed E-state index contributed by atoms with van der Waals surface area (Å²) in [7, 11) is 0. The van der Waals surface area contributed by atoms with Crippen molar-refractivity contribution in [1.29, 1.82) is 0 Å². The first kappa shape index (κ1) is 13.3. The molecule has 2 unspecified atom stereocenters. The van der Waals surface area contributed by atoms with E-state index in [1.807, 2.05) is 32.9 Å². The molecule has 3 N–H and O–H groups in total. The van der Waals surface area contributed by atoms with Crippen molar-refractivity contribution in [2.45, 2.75) is 38.4 Å². The minimum Gasteiger partial charge on any atom is -0.313 e. The van der Waals surface area contributed by atoms with Gasteiger partial charge in [0.05, 0.1) is 12.1 Å². The molecule has 0 spiro atoms. The molecule has 0 aliphatic carbocycles. The monoisotopic (exact) mass is 267 g/mol. The van der Waals surface area contributed by atoms with Crippen molar-refractivity contribution in [3.8, 4) is 0 Å². The number of rotatable bonds is 1. The molecule has 1 heterocycles. The number of hydrogen-bond acceptors (Lipinski definition) is 3. The van der Waals surface area contributed by atoms with Gasteiger partial charge in [0.15, 0.2) is 0 Å². The quantitative estimate of drug-likeness (QED) is 0.817. The molecular formula is C13H18ClN3O. The number of nitrogens with zero attached hydrogens (tertiary/aromatic N) is 1. The van der Waals surface area contributed by atoms with Crippen LogP contribution < -0.4 is 11.2 Å². The Hall–Kier alpha value is -1.10. The second-order valence-corrected chi connectivity index (χ2v) is 5.98. The summed E-state index contributed by atoms with van der Waals surface area (Å²) in [6.07, 6.45) is -0.393. The fraction of sp³-hybridized carbons (Fsp3) is 0.462. The van der Waals surface area contributed by atoms with E-state index < -0.39 is 6.17 Å². The molecule has 1 saturated heterocycles. The number of carbonyl (C=O) groups is 1. The van der Waals surface area contributed by atoms with Gasteiger partial charge in [-0.05, 0) is 38.5 Å². The van der Waals surface area contributed by atoms with Gasteiger partial charge in [0.2, 0.25) is 5.91 Å². The van der Waals surface area contributed by atoms with Gasteiger partial charge in [-0.2, -0.15) is 5.01 Å². The van der Waals surface area contributed by atoms with Crippen molar-refractivity contribution in [2.75, 3.05) is 0 Å². The Morgan fingerprint density at radius 1 is 1.39 bits per heavy atom. The Balaban J connectivity index is 2.33. The lowest BCUT2D eigenvalue weighted by molar-refractivity contribution is -0.123. The van der Waals surface area contributed by atoms with Crippen LogP contribution in [-0.4, -0.2) is 22.6 Å². The van der Waals surface area contributed by atoms with Gasteiger partial charge in [-0.3, -0.25) is 10.2 Å². The second-order valence-electron chi connectivity index (χ2n) is 5.54. The number of carbonyl (C=O) groups excluding carboxylic acids is 1. The molecule has 18 heavy (non-hydrogen) atoms. The number of nitrogens with two attached hydrogens (primary N) is 1. The summed E-state index contributed by atoms with van der Waals surface area (Å²) in [6, 6.07) is 7.28. The molecule has 1 aromatic rings. The van der Waals surface area contributed by atoms with Crippen LogP contribution in [0.3, 0.4) is 0 Å². The van der Waals surface area contributed by atoms with Crippen molar-refractivity contribution < 1.29 is 4.79 Å². The summed E-state index contributed by atoms with van der Waals surface area (Å²) in [5.74, 6) is -0.470. The highest BCUT2D eigenvalue weighted by molar-refractivity contribution is 6.30. The molecule has 1 amide bonds. The third kappa shape index (κ3) is 2.36. The van der Waals surface area contributed by atoms with Crippen LogP contribution in [0.25, 0.3) is 0 Å². The SMILES string of the molecule is CC(C)(C)N1NC(=O)C(c2cccc(Cl)c2)C1N. The highest BCUT2D eigenvalue weighted by Gasteiger charge is 2.44. The van der Waals surface area contributed by atoms with E-state index in [4.69, 9.17) is 17.3 Å². The maximum Gasteiger partial charge on any atom is 0.244 e. The first-order chi connectivity index (χ1) is 8.30. The van der Waals surface area contributed by atoms with Crippen LogP contribution in [0.2, 0.25) is 5.02 Å². The lowest BCUT2D eigenvalue weighted by Crippen LogP contribution is -2.54. The van der Waals surface area contributed by atoms with E-state index in [2.05, 4.69) is 5.43 Å².